The van der Waals surface area contributed by atoms with Gasteiger partial charge in [0, 0.05) is 5.02 Å². The molecule has 26 heavy (non-hydrogen) atoms. The molecule has 0 amide bonds. The summed E-state index contributed by atoms with van der Waals surface area (Å²) in [6.45, 7) is 0. The highest BCUT2D eigenvalue weighted by Gasteiger charge is 2.24. The zero-order valence-corrected chi connectivity index (χ0v) is 16.0. The van der Waals surface area contributed by atoms with Gasteiger partial charge < -0.3 is 14.6 Å². The van der Waals surface area contributed by atoms with Crippen LogP contribution in [0.5, 0.6) is 17.2 Å². The topological polar surface area (TPSA) is 96.6 Å². The molecule has 1 N–H and O–H groups in total. The zero-order chi connectivity index (χ0) is 19.5. The van der Waals surface area contributed by atoms with Crippen LogP contribution in [0.1, 0.15) is 5.56 Å². The molecular formula is C17H13Cl2NO5S. The molecule has 136 valence electrons. The Morgan fingerprint density at radius 1 is 1.15 bits per heavy atom. The molecule has 0 saturated heterocycles. The lowest BCUT2D eigenvalue weighted by Gasteiger charge is -2.10. The first-order valence-electron chi connectivity index (χ1n) is 7.01. The average molecular weight is 414 g/mol. The standard InChI is InChI=1S/C17H13Cl2NO5S/c1-24-14-6-10(7-15(25-2)17(14)21)5-12(9-20)26(22,23)16-8-11(18)3-4-13(16)19/h3-8,21H,1-2H3/b12-5+. The van der Waals surface area contributed by atoms with E-state index in [4.69, 9.17) is 32.7 Å². The quantitative estimate of drug-likeness (QED) is 0.742. The molecular weight excluding hydrogens is 401 g/mol. The number of halogens is 2. The maximum absolute atomic E-state index is 12.8. The Labute approximate surface area is 160 Å². The summed E-state index contributed by atoms with van der Waals surface area (Å²) in [5.74, 6) is -0.122. The maximum atomic E-state index is 12.8. The first-order chi connectivity index (χ1) is 12.2. The summed E-state index contributed by atoms with van der Waals surface area (Å²) in [4.78, 5) is -0.839. The summed E-state index contributed by atoms with van der Waals surface area (Å²) in [7, 11) is -1.55. The molecule has 0 unspecified atom stereocenters. The molecule has 2 rings (SSSR count). The molecule has 0 aliphatic rings. The van der Waals surface area contributed by atoms with Crippen molar-refractivity contribution in [2.45, 2.75) is 4.90 Å². The summed E-state index contributed by atoms with van der Waals surface area (Å²) in [6.07, 6.45) is 1.12. The van der Waals surface area contributed by atoms with Gasteiger partial charge in [-0.1, -0.05) is 23.2 Å². The molecule has 0 atom stereocenters. The second kappa shape index (κ2) is 7.87. The second-order valence-corrected chi connectivity index (χ2v) is 7.70. The number of nitriles is 1. The van der Waals surface area contributed by atoms with E-state index in [2.05, 4.69) is 0 Å². The van der Waals surface area contributed by atoms with Crippen molar-refractivity contribution in [1.82, 2.24) is 0 Å². The van der Waals surface area contributed by atoms with Gasteiger partial charge in [0.05, 0.1) is 24.1 Å². The summed E-state index contributed by atoms with van der Waals surface area (Å²) >= 11 is 11.8. The first kappa shape index (κ1) is 19.9. The molecule has 0 aromatic heterocycles. The number of methoxy groups -OCH3 is 2. The van der Waals surface area contributed by atoms with Crippen LogP contribution in [0, 0.1) is 11.3 Å². The van der Waals surface area contributed by atoms with Crippen LogP contribution in [0.4, 0.5) is 0 Å². The van der Waals surface area contributed by atoms with Crippen LogP contribution < -0.4 is 9.47 Å². The molecule has 0 aliphatic heterocycles. The van der Waals surface area contributed by atoms with E-state index >= 15 is 0 Å². The Bertz CT molecular complexity index is 1000. The number of aromatic hydroxyl groups is 1. The number of nitrogens with zero attached hydrogens (tertiary/aromatic N) is 1. The fourth-order valence-corrected chi connectivity index (χ4v) is 4.03. The van der Waals surface area contributed by atoms with Crippen molar-refractivity contribution in [1.29, 1.82) is 5.26 Å². The first-order valence-corrected chi connectivity index (χ1v) is 9.25. The molecule has 0 saturated carbocycles. The largest absolute Gasteiger partial charge is 0.502 e. The third-order valence-corrected chi connectivity index (χ3v) is 5.76. The van der Waals surface area contributed by atoms with Crippen molar-refractivity contribution in [2.75, 3.05) is 14.2 Å². The van der Waals surface area contributed by atoms with Crippen LogP contribution >= 0.6 is 23.2 Å². The van der Waals surface area contributed by atoms with Gasteiger partial charge in [-0.2, -0.15) is 5.26 Å². The lowest BCUT2D eigenvalue weighted by Crippen LogP contribution is -2.04. The Morgan fingerprint density at radius 3 is 2.23 bits per heavy atom. The van der Waals surface area contributed by atoms with Gasteiger partial charge in [0.1, 0.15) is 11.0 Å². The number of phenolic OH excluding ortho intramolecular Hbond substituents is 1. The van der Waals surface area contributed by atoms with E-state index in [1.807, 2.05) is 0 Å². The van der Waals surface area contributed by atoms with Gasteiger partial charge in [0.2, 0.25) is 15.6 Å². The second-order valence-electron chi connectivity index (χ2n) is 4.97. The Balaban J connectivity index is 2.65. The maximum Gasteiger partial charge on any atom is 0.218 e. The Morgan fingerprint density at radius 2 is 1.73 bits per heavy atom. The molecule has 0 aliphatic carbocycles. The monoisotopic (exact) mass is 413 g/mol. The van der Waals surface area contributed by atoms with Gasteiger partial charge in [-0.25, -0.2) is 8.42 Å². The SMILES string of the molecule is COc1cc(/C=C(\C#N)S(=O)(=O)c2cc(Cl)ccc2Cl)cc(OC)c1O. The highest BCUT2D eigenvalue weighted by atomic mass is 35.5. The zero-order valence-electron chi connectivity index (χ0n) is 13.7. The minimum atomic E-state index is -4.21. The van der Waals surface area contributed by atoms with E-state index in [1.54, 1.807) is 6.07 Å². The van der Waals surface area contributed by atoms with Crippen LogP contribution in [0.25, 0.3) is 6.08 Å². The van der Waals surface area contributed by atoms with E-state index in [0.29, 0.717) is 0 Å². The van der Waals surface area contributed by atoms with Crippen molar-refractivity contribution in [2.24, 2.45) is 0 Å². The van der Waals surface area contributed by atoms with E-state index in [0.717, 1.165) is 6.08 Å². The summed E-state index contributed by atoms with van der Waals surface area (Å²) in [6, 6.07) is 8.32. The van der Waals surface area contributed by atoms with Crippen LogP contribution in [0.2, 0.25) is 10.0 Å². The lowest BCUT2D eigenvalue weighted by atomic mass is 10.1. The van der Waals surface area contributed by atoms with Gasteiger partial charge in [-0.05, 0) is 42.0 Å². The van der Waals surface area contributed by atoms with E-state index in [-0.39, 0.29) is 37.8 Å². The number of rotatable bonds is 5. The third-order valence-electron chi connectivity index (χ3n) is 3.38. The van der Waals surface area contributed by atoms with Crippen molar-refractivity contribution in [3.8, 4) is 23.3 Å². The number of sulfone groups is 1. The Kier molecular flexibility index (Phi) is 6.03. The molecule has 9 heteroatoms. The van der Waals surface area contributed by atoms with Crippen molar-refractivity contribution < 1.29 is 23.0 Å². The lowest BCUT2D eigenvalue weighted by molar-refractivity contribution is 0.340. The molecule has 2 aromatic rings. The summed E-state index contributed by atoms with van der Waals surface area (Å²) in [5.41, 5.74) is 0.273. The molecule has 0 spiro atoms. The van der Waals surface area contributed by atoms with E-state index in [9.17, 15) is 18.8 Å². The minimum absolute atomic E-state index is 0.0589. The summed E-state index contributed by atoms with van der Waals surface area (Å²) in [5, 5.41) is 19.4. The van der Waals surface area contributed by atoms with Crippen LogP contribution in [-0.4, -0.2) is 27.7 Å². The fraction of sp³-hybridized carbons (Fsp3) is 0.118. The molecule has 2 aromatic carbocycles. The van der Waals surface area contributed by atoms with Crippen LogP contribution in [-0.2, 0) is 9.84 Å². The third kappa shape index (κ3) is 3.88. The fourth-order valence-electron chi connectivity index (χ4n) is 2.12. The van der Waals surface area contributed by atoms with Crippen molar-refractivity contribution >= 4 is 39.1 Å². The van der Waals surface area contributed by atoms with Gasteiger partial charge >= 0.3 is 0 Å². The van der Waals surface area contributed by atoms with Gasteiger partial charge in [0.15, 0.2) is 11.5 Å². The normalized spacial score (nSPS) is 11.7. The number of ether oxygens (including phenoxy) is 2. The van der Waals surface area contributed by atoms with Crippen LogP contribution in [0.15, 0.2) is 40.1 Å². The van der Waals surface area contributed by atoms with Crippen LogP contribution in [0.3, 0.4) is 0 Å². The number of phenols is 1. The van der Waals surface area contributed by atoms with Crippen molar-refractivity contribution in [3.63, 3.8) is 0 Å². The average Bonchev–Trinajstić information content (AvgIpc) is 2.62. The predicted octanol–water partition coefficient (Wildman–Crippen LogP) is 4.05. The molecule has 0 bridgehead atoms. The van der Waals surface area contributed by atoms with Crippen molar-refractivity contribution in [3.05, 3.63) is 50.8 Å². The number of hydrogen-bond acceptors (Lipinski definition) is 6. The summed E-state index contributed by atoms with van der Waals surface area (Å²) < 4.78 is 35.6. The molecule has 6 nitrogen and oxygen atoms in total. The van der Waals surface area contributed by atoms with E-state index in [1.165, 1.54) is 44.6 Å². The number of benzene rings is 2. The highest BCUT2D eigenvalue weighted by molar-refractivity contribution is 7.95. The predicted molar refractivity (Wildman–Crippen MR) is 98.4 cm³/mol. The molecule has 0 radical (unpaired) electrons. The van der Waals surface area contributed by atoms with Gasteiger partial charge in [-0.3, -0.25) is 0 Å². The molecule has 0 heterocycles. The Hall–Kier alpha value is -2.40. The number of hydrogen-bond donors (Lipinski definition) is 1. The highest BCUT2D eigenvalue weighted by Crippen LogP contribution is 2.38. The van der Waals surface area contributed by atoms with Gasteiger partial charge in [-0.15, -0.1) is 0 Å². The van der Waals surface area contributed by atoms with Gasteiger partial charge in [0.25, 0.3) is 0 Å². The number of allylic oxidation sites excluding steroid dienone is 1. The van der Waals surface area contributed by atoms with E-state index < -0.39 is 14.7 Å². The molecule has 0 fully saturated rings. The minimum Gasteiger partial charge on any atom is -0.502 e. The smallest absolute Gasteiger partial charge is 0.218 e.